The monoisotopic (exact) mass is 478 g/mol. The second-order valence-electron chi connectivity index (χ2n) is 7.46. The summed E-state index contributed by atoms with van der Waals surface area (Å²) in [4.78, 5) is 14.7. The molecule has 0 N–H and O–H groups in total. The van der Waals surface area contributed by atoms with Crippen LogP contribution in [0.25, 0.3) is 17.1 Å². The van der Waals surface area contributed by atoms with Crippen LogP contribution >= 0.6 is 23.4 Å². The molecule has 0 bridgehead atoms. The minimum Gasteiger partial charge on any atom is -0.497 e. The van der Waals surface area contributed by atoms with Crippen LogP contribution in [0.3, 0.4) is 0 Å². The van der Waals surface area contributed by atoms with Gasteiger partial charge in [0, 0.05) is 25.3 Å². The molecule has 0 radical (unpaired) electrons. The second-order valence-corrected chi connectivity index (χ2v) is 8.94. The highest BCUT2D eigenvalue weighted by Gasteiger charge is 2.28. The molecule has 3 aromatic carbocycles. The average molecular weight is 479 g/mol. The molecule has 168 valence electrons. The van der Waals surface area contributed by atoms with Crippen LogP contribution in [0.15, 0.2) is 84.0 Å². The molecule has 33 heavy (non-hydrogen) atoms. The van der Waals surface area contributed by atoms with Crippen molar-refractivity contribution < 1.29 is 9.53 Å². The van der Waals surface area contributed by atoms with Gasteiger partial charge in [0.1, 0.15) is 11.0 Å². The van der Waals surface area contributed by atoms with Crippen molar-refractivity contribution >= 4 is 29.3 Å². The van der Waals surface area contributed by atoms with E-state index in [9.17, 15) is 4.79 Å². The summed E-state index contributed by atoms with van der Waals surface area (Å²) >= 11 is 7.85. The number of aromatic nitrogens is 3. The van der Waals surface area contributed by atoms with Crippen molar-refractivity contribution in [3.8, 4) is 22.8 Å². The molecule has 8 heteroatoms. The molecule has 1 aromatic heterocycles. The largest absolute Gasteiger partial charge is 0.497 e. The van der Waals surface area contributed by atoms with Crippen LogP contribution in [0.5, 0.6) is 5.75 Å². The fourth-order valence-corrected chi connectivity index (χ4v) is 4.78. The molecule has 6 nitrogen and oxygen atoms in total. The summed E-state index contributed by atoms with van der Waals surface area (Å²) in [5, 5.41) is 9.61. The Morgan fingerprint density at radius 2 is 1.64 bits per heavy atom. The van der Waals surface area contributed by atoms with E-state index in [0.29, 0.717) is 16.0 Å². The summed E-state index contributed by atoms with van der Waals surface area (Å²) in [5.74, 6) is 1.30. The summed E-state index contributed by atoms with van der Waals surface area (Å²) in [6, 6.07) is 24.8. The van der Waals surface area contributed by atoms with Crippen molar-refractivity contribution in [3.63, 3.8) is 0 Å². The number of halogens is 1. The molecule has 4 aromatic rings. The van der Waals surface area contributed by atoms with Gasteiger partial charge in [-0.25, -0.2) is 0 Å². The van der Waals surface area contributed by atoms with Crippen molar-refractivity contribution in [2.75, 3.05) is 21.2 Å². The Hall–Kier alpha value is -3.29. The lowest BCUT2D eigenvalue weighted by molar-refractivity contribution is -0.128. The minimum atomic E-state index is -0.485. The number of benzene rings is 3. The highest BCUT2D eigenvalue weighted by Crippen LogP contribution is 2.39. The zero-order valence-corrected chi connectivity index (χ0v) is 20.0. The zero-order chi connectivity index (χ0) is 23.4. The molecule has 1 heterocycles. The molecule has 0 saturated carbocycles. The van der Waals surface area contributed by atoms with Gasteiger partial charge in [-0.2, -0.15) is 0 Å². The fraction of sp³-hybridized carbons (Fsp3) is 0.160. The third-order valence-electron chi connectivity index (χ3n) is 5.07. The number of nitrogens with zero attached hydrogens (tertiary/aromatic N) is 4. The number of thioether (sulfide) groups is 1. The number of hydrogen-bond acceptors (Lipinski definition) is 5. The zero-order valence-electron chi connectivity index (χ0n) is 18.5. The van der Waals surface area contributed by atoms with Gasteiger partial charge >= 0.3 is 0 Å². The van der Waals surface area contributed by atoms with E-state index < -0.39 is 5.25 Å². The van der Waals surface area contributed by atoms with Crippen molar-refractivity contribution in [2.45, 2.75) is 10.4 Å². The van der Waals surface area contributed by atoms with Gasteiger partial charge in [-0.3, -0.25) is 9.36 Å². The van der Waals surface area contributed by atoms with Crippen LogP contribution in [-0.4, -0.2) is 46.8 Å². The Morgan fingerprint density at radius 1 is 0.970 bits per heavy atom. The van der Waals surface area contributed by atoms with Crippen LogP contribution in [0.4, 0.5) is 0 Å². The van der Waals surface area contributed by atoms with Gasteiger partial charge in [0.05, 0.1) is 12.1 Å². The molecular formula is C25H23ClN4O2S. The lowest BCUT2D eigenvalue weighted by Crippen LogP contribution is -2.27. The average Bonchev–Trinajstić information content (AvgIpc) is 3.26. The van der Waals surface area contributed by atoms with Crippen molar-refractivity contribution in [2.24, 2.45) is 0 Å². The summed E-state index contributed by atoms with van der Waals surface area (Å²) in [6.07, 6.45) is 0. The SMILES string of the molecule is COc1ccc(-n2c(S[C@H](C(=O)N(C)C)c3ccccc3)nnc2-c2ccccc2Cl)cc1. The van der Waals surface area contributed by atoms with E-state index in [1.54, 1.807) is 26.1 Å². The van der Waals surface area contributed by atoms with Gasteiger partial charge in [-0.15, -0.1) is 10.2 Å². The van der Waals surface area contributed by atoms with Gasteiger partial charge in [0.15, 0.2) is 11.0 Å². The number of methoxy groups -OCH3 is 1. The molecule has 4 rings (SSSR count). The Balaban J connectivity index is 1.85. The molecule has 0 aliphatic heterocycles. The first kappa shape index (κ1) is 22.9. The molecule has 1 amide bonds. The minimum absolute atomic E-state index is 0.0326. The molecule has 0 aliphatic carbocycles. The van der Waals surface area contributed by atoms with E-state index in [4.69, 9.17) is 16.3 Å². The molecule has 0 fully saturated rings. The first-order valence-electron chi connectivity index (χ1n) is 10.3. The lowest BCUT2D eigenvalue weighted by atomic mass is 10.1. The third kappa shape index (κ3) is 4.89. The van der Waals surface area contributed by atoms with E-state index >= 15 is 0 Å². The Bertz CT molecular complexity index is 1240. The number of carbonyl (C=O) groups excluding carboxylic acids is 1. The predicted molar refractivity (Wildman–Crippen MR) is 132 cm³/mol. The lowest BCUT2D eigenvalue weighted by Gasteiger charge is -2.21. The molecular weight excluding hydrogens is 456 g/mol. The van der Waals surface area contributed by atoms with Crippen molar-refractivity contribution in [1.29, 1.82) is 0 Å². The third-order valence-corrected chi connectivity index (χ3v) is 6.58. The molecule has 0 unspecified atom stereocenters. The van der Waals surface area contributed by atoms with E-state index in [0.717, 1.165) is 22.6 Å². The number of rotatable bonds is 7. The van der Waals surface area contributed by atoms with Gasteiger partial charge < -0.3 is 9.64 Å². The second kappa shape index (κ2) is 10.1. The van der Waals surface area contributed by atoms with Gasteiger partial charge in [-0.05, 0) is 42.0 Å². The van der Waals surface area contributed by atoms with Crippen LogP contribution in [0, 0.1) is 0 Å². The Morgan fingerprint density at radius 3 is 2.27 bits per heavy atom. The molecule has 0 aliphatic rings. The number of carbonyl (C=O) groups is 1. The van der Waals surface area contributed by atoms with Gasteiger partial charge in [-0.1, -0.05) is 65.8 Å². The maximum Gasteiger partial charge on any atom is 0.240 e. The smallest absolute Gasteiger partial charge is 0.240 e. The Kier molecular flexibility index (Phi) is 7.01. The number of likely N-dealkylation sites (N-methyl/N-ethyl adjacent to an activating group) is 1. The number of ether oxygens (including phenoxy) is 1. The van der Waals surface area contributed by atoms with E-state index in [2.05, 4.69) is 10.2 Å². The number of hydrogen-bond donors (Lipinski definition) is 0. The topological polar surface area (TPSA) is 60.2 Å². The summed E-state index contributed by atoms with van der Waals surface area (Å²) in [5.41, 5.74) is 2.48. The van der Waals surface area contributed by atoms with E-state index in [1.165, 1.54) is 11.8 Å². The maximum absolute atomic E-state index is 13.1. The quantitative estimate of drug-likeness (QED) is 0.327. The van der Waals surface area contributed by atoms with Crippen molar-refractivity contribution in [1.82, 2.24) is 19.7 Å². The maximum atomic E-state index is 13.1. The van der Waals surface area contributed by atoms with E-state index in [1.807, 2.05) is 83.4 Å². The highest BCUT2D eigenvalue weighted by molar-refractivity contribution is 8.00. The summed E-state index contributed by atoms with van der Waals surface area (Å²) < 4.78 is 7.23. The van der Waals surface area contributed by atoms with E-state index in [-0.39, 0.29) is 5.91 Å². The van der Waals surface area contributed by atoms with Crippen molar-refractivity contribution in [3.05, 3.63) is 89.4 Å². The standard InChI is InChI=1S/C25H23ClN4O2S/c1-29(2)24(31)22(17-9-5-4-6-10-17)33-25-28-27-23(20-11-7-8-12-21(20)26)30(25)18-13-15-19(32-3)16-14-18/h4-16,22H,1-3H3/t22-/m0/s1. The number of amides is 1. The van der Waals surface area contributed by atoms with Crippen LogP contribution in [0.1, 0.15) is 10.8 Å². The summed E-state index contributed by atoms with van der Waals surface area (Å²) in [6.45, 7) is 0. The predicted octanol–water partition coefficient (Wildman–Crippen LogP) is 5.52. The molecule has 1 atom stereocenters. The molecule has 0 saturated heterocycles. The first-order valence-corrected chi connectivity index (χ1v) is 11.5. The first-order chi connectivity index (χ1) is 16.0. The summed E-state index contributed by atoms with van der Waals surface area (Å²) in [7, 11) is 5.13. The Labute approximate surface area is 202 Å². The highest BCUT2D eigenvalue weighted by atomic mass is 35.5. The van der Waals surface area contributed by atoms with Gasteiger partial charge in [0.25, 0.3) is 0 Å². The molecule has 0 spiro atoms. The van der Waals surface area contributed by atoms with Crippen LogP contribution in [-0.2, 0) is 4.79 Å². The van der Waals surface area contributed by atoms with Crippen LogP contribution in [0.2, 0.25) is 5.02 Å². The van der Waals surface area contributed by atoms with Crippen LogP contribution < -0.4 is 4.74 Å². The fourth-order valence-electron chi connectivity index (χ4n) is 3.36. The van der Waals surface area contributed by atoms with Gasteiger partial charge in [0.2, 0.25) is 5.91 Å². The normalized spacial score (nSPS) is 11.8.